The Morgan fingerprint density at radius 3 is 2.70 bits per heavy atom. The molecule has 2 atom stereocenters. The lowest BCUT2D eigenvalue weighted by atomic mass is 10.0. The molecule has 1 fully saturated rings. The minimum Gasteiger partial charge on any atom is -0.251 e. The van der Waals surface area contributed by atoms with Crippen molar-refractivity contribution in [2.45, 2.75) is 45.1 Å². The average molecular weight is 144 g/mol. The van der Waals surface area contributed by atoms with Crippen LogP contribution in [0.2, 0.25) is 0 Å². The third-order valence-electron chi connectivity index (χ3n) is 2.60. The highest BCUT2D eigenvalue weighted by molar-refractivity contribution is 4.85. The Morgan fingerprint density at radius 2 is 2.40 bits per heavy atom. The normalized spacial score (nSPS) is 40.5. The SMILES string of the molecule is CCC1CCC(C)(OO)C1. The van der Waals surface area contributed by atoms with Gasteiger partial charge in [-0.15, -0.1) is 0 Å². The molecule has 0 bridgehead atoms. The van der Waals surface area contributed by atoms with Gasteiger partial charge < -0.3 is 0 Å². The monoisotopic (exact) mass is 144 g/mol. The molecule has 1 aliphatic carbocycles. The number of rotatable bonds is 2. The molecule has 0 aromatic heterocycles. The van der Waals surface area contributed by atoms with E-state index in [2.05, 4.69) is 11.8 Å². The predicted octanol–water partition coefficient (Wildman–Crippen LogP) is 2.44. The molecule has 2 heteroatoms. The van der Waals surface area contributed by atoms with Crippen molar-refractivity contribution >= 4 is 0 Å². The Balaban J connectivity index is 2.41. The summed E-state index contributed by atoms with van der Waals surface area (Å²) in [5.74, 6) is 0.761. The minimum atomic E-state index is -0.235. The van der Waals surface area contributed by atoms with Crippen molar-refractivity contribution in [3.8, 4) is 0 Å². The van der Waals surface area contributed by atoms with Crippen molar-refractivity contribution in [1.29, 1.82) is 0 Å². The van der Waals surface area contributed by atoms with E-state index in [1.54, 1.807) is 0 Å². The van der Waals surface area contributed by atoms with E-state index in [9.17, 15) is 0 Å². The van der Waals surface area contributed by atoms with Gasteiger partial charge in [0.15, 0.2) is 0 Å². The van der Waals surface area contributed by atoms with Gasteiger partial charge in [0.2, 0.25) is 0 Å². The molecule has 0 spiro atoms. The average Bonchev–Trinajstić information content (AvgIpc) is 2.33. The molecular formula is C8H16O2. The molecule has 1 aliphatic rings. The van der Waals surface area contributed by atoms with Crippen molar-refractivity contribution in [2.75, 3.05) is 0 Å². The zero-order valence-electron chi connectivity index (χ0n) is 6.76. The molecule has 0 amide bonds. The smallest absolute Gasteiger partial charge is 0.101 e. The summed E-state index contributed by atoms with van der Waals surface area (Å²) in [5, 5.41) is 8.54. The maximum atomic E-state index is 8.54. The second kappa shape index (κ2) is 2.89. The highest BCUT2D eigenvalue weighted by Crippen LogP contribution is 2.37. The molecule has 2 nitrogen and oxygen atoms in total. The summed E-state index contributed by atoms with van der Waals surface area (Å²) in [5.41, 5.74) is -0.235. The standard InChI is InChI=1S/C8H16O2/c1-3-7-4-5-8(2,6-7)10-9/h7,9H,3-6H2,1-2H3. The van der Waals surface area contributed by atoms with E-state index in [1.165, 1.54) is 12.8 Å². The first kappa shape index (κ1) is 8.02. The maximum Gasteiger partial charge on any atom is 0.101 e. The fourth-order valence-corrected chi connectivity index (χ4v) is 1.76. The molecular weight excluding hydrogens is 128 g/mol. The second-order valence-electron chi connectivity index (χ2n) is 3.56. The van der Waals surface area contributed by atoms with Crippen molar-refractivity contribution in [2.24, 2.45) is 5.92 Å². The third kappa shape index (κ3) is 1.50. The van der Waals surface area contributed by atoms with Crippen LogP contribution in [0.15, 0.2) is 0 Å². The van der Waals surface area contributed by atoms with Gasteiger partial charge in [-0.25, -0.2) is 4.89 Å². The second-order valence-corrected chi connectivity index (χ2v) is 3.56. The van der Waals surface area contributed by atoms with Crippen LogP contribution in [-0.2, 0) is 4.89 Å². The molecule has 0 saturated heterocycles. The van der Waals surface area contributed by atoms with E-state index in [0.29, 0.717) is 0 Å². The van der Waals surface area contributed by atoms with E-state index in [0.717, 1.165) is 18.8 Å². The Kier molecular flexibility index (Phi) is 2.32. The number of hydrogen-bond donors (Lipinski definition) is 1. The van der Waals surface area contributed by atoms with Crippen LogP contribution in [0.3, 0.4) is 0 Å². The van der Waals surface area contributed by atoms with Gasteiger partial charge in [0.05, 0.1) is 0 Å². The highest BCUT2D eigenvalue weighted by Gasteiger charge is 2.35. The van der Waals surface area contributed by atoms with Crippen LogP contribution in [0, 0.1) is 5.92 Å². The first-order valence-corrected chi connectivity index (χ1v) is 4.03. The molecule has 0 aromatic carbocycles. The molecule has 0 radical (unpaired) electrons. The van der Waals surface area contributed by atoms with Crippen molar-refractivity contribution in [3.63, 3.8) is 0 Å². The van der Waals surface area contributed by atoms with Crippen LogP contribution in [0.4, 0.5) is 0 Å². The Labute approximate surface area is 62.1 Å². The molecule has 0 heterocycles. The highest BCUT2D eigenvalue weighted by atomic mass is 17.1. The lowest BCUT2D eigenvalue weighted by molar-refractivity contribution is -0.316. The van der Waals surface area contributed by atoms with Crippen LogP contribution < -0.4 is 0 Å². The fraction of sp³-hybridized carbons (Fsp3) is 1.00. The number of hydrogen-bond acceptors (Lipinski definition) is 2. The molecule has 60 valence electrons. The van der Waals surface area contributed by atoms with Crippen LogP contribution >= 0.6 is 0 Å². The van der Waals surface area contributed by atoms with Crippen LogP contribution in [0.5, 0.6) is 0 Å². The zero-order valence-corrected chi connectivity index (χ0v) is 6.76. The van der Waals surface area contributed by atoms with Gasteiger partial charge in [-0.3, -0.25) is 5.26 Å². The topological polar surface area (TPSA) is 29.5 Å². The third-order valence-corrected chi connectivity index (χ3v) is 2.60. The summed E-state index contributed by atoms with van der Waals surface area (Å²) in [6.07, 6.45) is 4.43. The Morgan fingerprint density at radius 1 is 1.70 bits per heavy atom. The molecule has 0 aliphatic heterocycles. The lowest BCUT2D eigenvalue weighted by Crippen LogP contribution is -2.22. The van der Waals surface area contributed by atoms with Gasteiger partial charge in [-0.1, -0.05) is 13.3 Å². The van der Waals surface area contributed by atoms with Crippen molar-refractivity contribution in [3.05, 3.63) is 0 Å². The summed E-state index contributed by atoms with van der Waals surface area (Å²) in [7, 11) is 0. The fourth-order valence-electron chi connectivity index (χ4n) is 1.76. The first-order chi connectivity index (χ1) is 4.70. The summed E-state index contributed by atoms with van der Waals surface area (Å²) >= 11 is 0. The summed E-state index contributed by atoms with van der Waals surface area (Å²) < 4.78 is 0. The molecule has 2 unspecified atom stereocenters. The van der Waals surface area contributed by atoms with Gasteiger partial charge in [0.1, 0.15) is 5.60 Å². The quantitative estimate of drug-likeness (QED) is 0.476. The van der Waals surface area contributed by atoms with Crippen LogP contribution in [-0.4, -0.2) is 10.9 Å². The van der Waals surface area contributed by atoms with Gasteiger partial charge in [-0.05, 0) is 32.1 Å². The predicted molar refractivity (Wildman–Crippen MR) is 39.8 cm³/mol. The summed E-state index contributed by atoms with van der Waals surface area (Å²) in [6.45, 7) is 4.16. The van der Waals surface area contributed by atoms with E-state index in [4.69, 9.17) is 5.26 Å². The molecule has 1 N–H and O–H groups in total. The van der Waals surface area contributed by atoms with Gasteiger partial charge >= 0.3 is 0 Å². The van der Waals surface area contributed by atoms with Crippen molar-refractivity contribution in [1.82, 2.24) is 0 Å². The lowest BCUT2D eigenvalue weighted by Gasteiger charge is -2.18. The van der Waals surface area contributed by atoms with Gasteiger partial charge in [-0.2, -0.15) is 0 Å². The van der Waals surface area contributed by atoms with Crippen LogP contribution in [0.1, 0.15) is 39.5 Å². The Hall–Kier alpha value is -0.0800. The van der Waals surface area contributed by atoms with E-state index >= 15 is 0 Å². The largest absolute Gasteiger partial charge is 0.251 e. The molecule has 1 rings (SSSR count). The van der Waals surface area contributed by atoms with E-state index in [-0.39, 0.29) is 5.60 Å². The maximum absolute atomic E-state index is 8.54. The first-order valence-electron chi connectivity index (χ1n) is 4.03. The van der Waals surface area contributed by atoms with Gasteiger partial charge in [0.25, 0.3) is 0 Å². The summed E-state index contributed by atoms with van der Waals surface area (Å²) in [4.78, 5) is 4.43. The van der Waals surface area contributed by atoms with E-state index in [1.807, 2.05) is 6.92 Å². The zero-order chi connectivity index (χ0) is 7.61. The minimum absolute atomic E-state index is 0.235. The Bertz CT molecular complexity index is 114. The van der Waals surface area contributed by atoms with Gasteiger partial charge in [0, 0.05) is 0 Å². The van der Waals surface area contributed by atoms with E-state index < -0.39 is 0 Å². The molecule has 10 heavy (non-hydrogen) atoms. The van der Waals surface area contributed by atoms with Crippen molar-refractivity contribution < 1.29 is 10.1 Å². The van der Waals surface area contributed by atoms with Crippen LogP contribution in [0.25, 0.3) is 0 Å². The molecule has 0 aromatic rings. The summed E-state index contributed by atoms with van der Waals surface area (Å²) in [6, 6.07) is 0. The molecule has 1 saturated carbocycles.